The Morgan fingerprint density at radius 3 is 0.833 bits per heavy atom. The molecular weight excluding hydrogens is 1420 g/mol. The molecule has 33 heteroatoms. The van der Waals surface area contributed by atoms with Gasteiger partial charge in [-0.3, -0.25) is 29.3 Å². The summed E-state index contributed by atoms with van der Waals surface area (Å²) >= 11 is 0. The molecule has 0 saturated carbocycles. The molecule has 0 radical (unpaired) electrons. The average Bonchev–Trinajstić information content (AvgIpc) is 0.787. The highest BCUT2D eigenvalue weighted by Gasteiger charge is 2.26. The van der Waals surface area contributed by atoms with Crippen molar-refractivity contribution >= 4 is 85.3 Å². The quantitative estimate of drug-likeness (QED) is 0.0243. The lowest BCUT2D eigenvalue weighted by atomic mass is 10.0. The highest BCUT2D eigenvalue weighted by Crippen LogP contribution is 2.34. The first-order valence-electron chi connectivity index (χ1n) is 35.1. The van der Waals surface area contributed by atoms with Crippen molar-refractivity contribution in [1.29, 1.82) is 0 Å². The molecule has 3 aliphatic rings. The van der Waals surface area contributed by atoms with Crippen molar-refractivity contribution in [2.75, 3.05) is 191 Å². The molecule has 3 amide bonds. The molecule has 0 spiro atoms. The SMILES string of the molecule is CC(Nc1cc(F)c(F)c(F)c1)c1cc(C(=O)NCCN(C)C)cc2ncc(N3CCOCC3)nc12.CC(Nc1cc(F)c(F)c(F)c1)c1cc(C(=O)NCCN(C)C)cc2ncc(N3CCOCC3)nc12.CC(Nc1cc(F)c(F)c(F)c1)c1cc(C(=O)NCCN(C)C)cc2ncc(N3CCOCC3)nc12. The predicted molar refractivity (Wildman–Crippen MR) is 395 cm³/mol. The third-order valence-electron chi connectivity index (χ3n) is 17.8. The molecule has 12 rings (SSSR count). The second-order valence-corrected chi connectivity index (χ2v) is 26.8. The zero-order valence-corrected chi connectivity index (χ0v) is 61.3. The van der Waals surface area contributed by atoms with Crippen LogP contribution < -0.4 is 46.6 Å². The summed E-state index contributed by atoms with van der Waals surface area (Å²) in [5, 5.41) is 17.6. The van der Waals surface area contributed by atoms with Crippen LogP contribution >= 0.6 is 0 Å². The number of hydrogen-bond donors (Lipinski definition) is 6. The number of nitrogens with one attached hydrogen (secondary N) is 6. The van der Waals surface area contributed by atoms with E-state index in [0.717, 1.165) is 36.4 Å². The summed E-state index contributed by atoms with van der Waals surface area (Å²) in [4.78, 5) is 78.9. The van der Waals surface area contributed by atoms with Gasteiger partial charge in [0.1, 0.15) is 17.5 Å². The van der Waals surface area contributed by atoms with Crippen LogP contribution in [0.5, 0.6) is 0 Å². The number of morpholine rings is 3. The fraction of sp³-hybridized carbons (Fsp3) is 0.400. The number of halogens is 9. The monoisotopic (exact) mass is 1510 g/mol. The summed E-state index contributed by atoms with van der Waals surface area (Å²) in [5.74, 6) is -11.2. The predicted octanol–water partition coefficient (Wildman–Crippen LogP) is 10.0. The Kier molecular flexibility index (Phi) is 27.5. The van der Waals surface area contributed by atoms with Crippen molar-refractivity contribution in [3.8, 4) is 0 Å². The molecule has 576 valence electrons. The summed E-state index contributed by atoms with van der Waals surface area (Å²) in [7, 11) is 11.5. The van der Waals surface area contributed by atoms with E-state index in [0.29, 0.717) is 202 Å². The first-order chi connectivity index (χ1) is 51.7. The number of carbonyl (C=O) groups is 3. The Balaban J connectivity index is 0.000000173. The van der Waals surface area contributed by atoms with Crippen LogP contribution in [0.2, 0.25) is 0 Å². The summed E-state index contributed by atoms with van der Waals surface area (Å²) < 4.78 is 139. The van der Waals surface area contributed by atoms with E-state index in [4.69, 9.17) is 29.2 Å². The van der Waals surface area contributed by atoms with Gasteiger partial charge in [0.05, 0.1) is 109 Å². The minimum atomic E-state index is -1.53. The van der Waals surface area contributed by atoms with Gasteiger partial charge in [-0.05, 0) is 99.5 Å². The highest BCUT2D eigenvalue weighted by atomic mass is 19.2. The molecule has 6 heterocycles. The van der Waals surface area contributed by atoms with Gasteiger partial charge in [0.2, 0.25) is 0 Å². The van der Waals surface area contributed by atoms with E-state index in [1.807, 2.05) is 57.0 Å². The Bertz CT molecular complexity index is 4140. The van der Waals surface area contributed by atoms with E-state index in [2.05, 4.69) is 61.6 Å². The standard InChI is InChI=1S/3C25H29F3N6O2/c3*1-15(31-17-12-19(26)23(28)20(27)13-17)18-10-16(25(35)29-4-5-33(2)3)11-21-24(18)32-22(14-30-21)34-6-8-36-9-7-34/h3*10-15,31H,4-9H2,1-3H3,(H,29,35). The van der Waals surface area contributed by atoms with Crippen molar-refractivity contribution in [3.05, 3.63) is 177 Å². The molecule has 108 heavy (non-hydrogen) atoms. The number of fused-ring (bicyclic) bond motifs is 3. The Morgan fingerprint density at radius 1 is 0.380 bits per heavy atom. The maximum Gasteiger partial charge on any atom is 0.251 e. The van der Waals surface area contributed by atoms with Gasteiger partial charge in [-0.2, -0.15) is 0 Å². The van der Waals surface area contributed by atoms with Crippen LogP contribution in [0.15, 0.2) is 91.4 Å². The van der Waals surface area contributed by atoms with Gasteiger partial charge in [0.25, 0.3) is 17.7 Å². The maximum absolute atomic E-state index is 13.8. The molecule has 3 saturated heterocycles. The molecule has 3 fully saturated rings. The van der Waals surface area contributed by atoms with E-state index < -0.39 is 70.5 Å². The van der Waals surface area contributed by atoms with Crippen molar-refractivity contribution < 1.29 is 68.1 Å². The number of nitrogens with zero attached hydrogens (tertiary/aromatic N) is 12. The Hall–Kier alpha value is -10.3. The Labute approximate surface area is 618 Å². The molecule has 6 N–H and O–H groups in total. The van der Waals surface area contributed by atoms with Crippen molar-refractivity contribution in [1.82, 2.24) is 60.6 Å². The lowest BCUT2D eigenvalue weighted by molar-refractivity contribution is 0.0943. The molecular formula is C75H87F9N18O6. The lowest BCUT2D eigenvalue weighted by Crippen LogP contribution is -2.36. The smallest absolute Gasteiger partial charge is 0.251 e. The fourth-order valence-corrected chi connectivity index (χ4v) is 12.0. The average molecular weight is 1510 g/mol. The van der Waals surface area contributed by atoms with Gasteiger partial charge in [0, 0.05) is 165 Å². The van der Waals surface area contributed by atoms with Crippen LogP contribution in [0.1, 0.15) is 86.7 Å². The third kappa shape index (κ3) is 20.9. The number of rotatable bonds is 24. The van der Waals surface area contributed by atoms with E-state index in [-0.39, 0.29) is 34.8 Å². The number of hydrogen-bond acceptors (Lipinski definition) is 21. The zero-order chi connectivity index (χ0) is 77.5. The minimum absolute atomic E-state index is 0.0604. The van der Waals surface area contributed by atoms with Crippen LogP contribution in [-0.4, -0.2) is 223 Å². The summed E-state index contributed by atoms with van der Waals surface area (Å²) in [6.07, 6.45) is 4.98. The third-order valence-corrected chi connectivity index (χ3v) is 17.8. The highest BCUT2D eigenvalue weighted by molar-refractivity contribution is 6.00. The number of benzene rings is 6. The van der Waals surface area contributed by atoms with Gasteiger partial charge in [-0.15, -0.1) is 0 Å². The van der Waals surface area contributed by atoms with Crippen LogP contribution in [0, 0.1) is 52.4 Å². The second kappa shape index (κ2) is 37.0. The minimum Gasteiger partial charge on any atom is -0.378 e. The van der Waals surface area contributed by atoms with E-state index in [1.165, 1.54) is 0 Å². The first-order valence-corrected chi connectivity index (χ1v) is 35.1. The topological polar surface area (TPSA) is 248 Å². The molecule has 9 aromatic rings. The fourth-order valence-electron chi connectivity index (χ4n) is 12.0. The van der Waals surface area contributed by atoms with Gasteiger partial charge < -0.3 is 75.5 Å². The lowest BCUT2D eigenvalue weighted by Gasteiger charge is -2.28. The second-order valence-electron chi connectivity index (χ2n) is 26.8. The molecule has 0 aliphatic carbocycles. The molecule has 24 nitrogen and oxygen atoms in total. The van der Waals surface area contributed by atoms with Crippen LogP contribution in [-0.2, 0) is 14.2 Å². The number of ether oxygens (including phenoxy) is 3. The van der Waals surface area contributed by atoms with E-state index in [1.54, 1.807) is 75.8 Å². The summed E-state index contributed by atoms with van der Waals surface area (Å²) in [5.41, 5.74) is 6.33. The number of likely N-dealkylation sites (N-methyl/N-ethyl adjacent to an activating group) is 3. The maximum atomic E-state index is 13.8. The molecule has 0 bridgehead atoms. The zero-order valence-electron chi connectivity index (χ0n) is 61.3. The van der Waals surface area contributed by atoms with Crippen molar-refractivity contribution in [3.63, 3.8) is 0 Å². The number of amides is 3. The number of anilines is 6. The van der Waals surface area contributed by atoms with E-state index in [9.17, 15) is 53.9 Å². The van der Waals surface area contributed by atoms with Gasteiger partial charge in [-0.1, -0.05) is 0 Å². The Morgan fingerprint density at radius 2 is 0.611 bits per heavy atom. The summed E-state index contributed by atoms with van der Waals surface area (Å²) in [6, 6.07) is 13.8. The largest absolute Gasteiger partial charge is 0.378 e. The van der Waals surface area contributed by atoms with Gasteiger partial charge in [0.15, 0.2) is 52.4 Å². The molecule has 3 aliphatic heterocycles. The molecule has 3 aromatic heterocycles. The van der Waals surface area contributed by atoms with Crippen LogP contribution in [0.25, 0.3) is 33.1 Å². The normalized spacial score (nSPS) is 14.8. The van der Waals surface area contributed by atoms with Crippen LogP contribution in [0.3, 0.4) is 0 Å². The van der Waals surface area contributed by atoms with Gasteiger partial charge in [-0.25, -0.2) is 54.5 Å². The number of carbonyl (C=O) groups excluding carboxylic acids is 3. The number of aromatic nitrogens is 6. The van der Waals surface area contributed by atoms with Crippen molar-refractivity contribution in [2.45, 2.75) is 38.9 Å². The molecule has 3 atom stereocenters. The molecule has 6 aromatic carbocycles. The van der Waals surface area contributed by atoms with Crippen molar-refractivity contribution in [2.24, 2.45) is 0 Å². The molecule has 3 unspecified atom stereocenters. The summed E-state index contributed by atoms with van der Waals surface area (Å²) in [6.45, 7) is 16.2. The van der Waals surface area contributed by atoms with Gasteiger partial charge >= 0.3 is 0 Å². The first kappa shape index (κ1) is 80.2. The van der Waals surface area contributed by atoms with E-state index >= 15 is 0 Å². The van der Waals surface area contributed by atoms with Crippen LogP contribution in [0.4, 0.5) is 74.0 Å².